The van der Waals surface area contributed by atoms with Crippen LogP contribution in [0.25, 0.3) is 0 Å². The Morgan fingerprint density at radius 1 is 1.10 bits per heavy atom. The van der Waals surface area contributed by atoms with Crippen LogP contribution in [0.1, 0.15) is 26.7 Å². The summed E-state index contributed by atoms with van der Waals surface area (Å²) < 4.78 is 5.19. The molecule has 6 nitrogen and oxygen atoms in total. The summed E-state index contributed by atoms with van der Waals surface area (Å²) >= 11 is 0. The minimum absolute atomic E-state index is 0.132. The van der Waals surface area contributed by atoms with Gasteiger partial charge >= 0.3 is 0 Å². The van der Waals surface area contributed by atoms with Gasteiger partial charge in [0.25, 0.3) is 0 Å². The average Bonchev–Trinajstić information content (AvgIpc) is 2.48. The second-order valence-electron chi connectivity index (χ2n) is 4.83. The number of hydrogen-bond donors (Lipinski definition) is 2. The molecule has 1 aliphatic rings. The first kappa shape index (κ1) is 15.0. The molecule has 2 amide bonds. The van der Waals surface area contributed by atoms with Gasteiger partial charge in [-0.1, -0.05) is 26.0 Å². The molecule has 112 valence electrons. The third-order valence-electron chi connectivity index (χ3n) is 3.86. The van der Waals surface area contributed by atoms with Crippen LogP contribution < -0.4 is 15.4 Å². The van der Waals surface area contributed by atoms with Crippen molar-refractivity contribution >= 4 is 23.5 Å². The molecule has 1 heterocycles. The number of amides is 2. The molecule has 0 spiro atoms. The summed E-state index contributed by atoms with van der Waals surface area (Å²) in [6.45, 7) is 3.65. The normalized spacial score (nSPS) is 17.0. The van der Waals surface area contributed by atoms with Crippen molar-refractivity contribution in [2.45, 2.75) is 26.7 Å². The molecule has 2 N–H and O–H groups in total. The number of carbonyl (C=O) groups is 2. The number of guanidine groups is 1. The molecule has 2 rings (SSSR count). The lowest BCUT2D eigenvalue weighted by molar-refractivity contribution is -0.144. The van der Waals surface area contributed by atoms with Crippen LogP contribution in [0.15, 0.2) is 29.3 Å². The fourth-order valence-corrected chi connectivity index (χ4v) is 2.38. The predicted molar refractivity (Wildman–Crippen MR) is 79.4 cm³/mol. The molecule has 1 fully saturated rings. The molecular weight excluding hydrogens is 270 g/mol. The van der Waals surface area contributed by atoms with E-state index >= 15 is 0 Å². The quantitative estimate of drug-likeness (QED) is 0.828. The number of benzene rings is 1. The van der Waals surface area contributed by atoms with E-state index in [9.17, 15) is 9.59 Å². The highest BCUT2D eigenvalue weighted by molar-refractivity contribution is 6.20. The van der Waals surface area contributed by atoms with E-state index in [1.165, 1.54) is 7.11 Å². The van der Waals surface area contributed by atoms with Crippen molar-refractivity contribution in [1.29, 1.82) is 0 Å². The van der Waals surface area contributed by atoms with E-state index in [2.05, 4.69) is 15.6 Å². The van der Waals surface area contributed by atoms with Gasteiger partial charge < -0.3 is 4.74 Å². The highest BCUT2D eigenvalue weighted by atomic mass is 16.5. The zero-order chi connectivity index (χ0) is 15.5. The number of nitrogens with one attached hydrogen (secondary N) is 2. The van der Waals surface area contributed by atoms with Crippen LogP contribution in [-0.2, 0) is 9.59 Å². The third kappa shape index (κ3) is 2.61. The van der Waals surface area contributed by atoms with Crippen LogP contribution in [0.2, 0.25) is 0 Å². The summed E-state index contributed by atoms with van der Waals surface area (Å²) in [6.07, 6.45) is 0.895. The Morgan fingerprint density at radius 3 is 2.19 bits per heavy atom. The van der Waals surface area contributed by atoms with Crippen molar-refractivity contribution in [2.75, 3.05) is 7.11 Å². The van der Waals surface area contributed by atoms with Gasteiger partial charge in [0.1, 0.15) is 16.9 Å². The van der Waals surface area contributed by atoms with Gasteiger partial charge in [0.15, 0.2) is 0 Å². The maximum atomic E-state index is 12.3. The minimum Gasteiger partial charge on any atom is -0.494 e. The lowest BCUT2D eigenvalue weighted by atomic mass is 9.79. The second kappa shape index (κ2) is 5.95. The minimum atomic E-state index is -1.01. The average molecular weight is 289 g/mol. The number of aliphatic imine (C=N–C) groups is 1. The van der Waals surface area contributed by atoms with Crippen molar-refractivity contribution in [3.05, 3.63) is 24.3 Å². The lowest BCUT2D eigenvalue weighted by Gasteiger charge is -2.33. The molecule has 0 radical (unpaired) electrons. The molecule has 1 aromatic rings. The monoisotopic (exact) mass is 289 g/mol. The van der Waals surface area contributed by atoms with E-state index in [1.807, 2.05) is 19.9 Å². The number of ether oxygens (including phenoxy) is 1. The Morgan fingerprint density at radius 2 is 1.67 bits per heavy atom. The zero-order valence-electron chi connectivity index (χ0n) is 12.4. The van der Waals surface area contributed by atoms with Crippen molar-refractivity contribution in [3.63, 3.8) is 0 Å². The Labute approximate surface area is 123 Å². The fraction of sp³-hybridized carbons (Fsp3) is 0.400. The summed E-state index contributed by atoms with van der Waals surface area (Å²) in [5.74, 6) is 0.0677. The molecule has 1 aliphatic heterocycles. The Balaban J connectivity index is 2.31. The SMILES string of the molecule is CCC1(CC)C(=O)NC(=Nc2ccccc2OC)NC1=O. The summed E-state index contributed by atoms with van der Waals surface area (Å²) in [5.41, 5.74) is -0.476. The molecule has 0 saturated carbocycles. The van der Waals surface area contributed by atoms with Crippen LogP contribution >= 0.6 is 0 Å². The predicted octanol–water partition coefficient (Wildman–Crippen LogP) is 1.74. The van der Waals surface area contributed by atoms with Crippen LogP contribution in [-0.4, -0.2) is 24.9 Å². The number of carbonyl (C=O) groups excluding carboxylic acids is 2. The Bertz CT molecular complexity index is 570. The first-order chi connectivity index (χ1) is 10.1. The van der Waals surface area contributed by atoms with Crippen LogP contribution in [0.4, 0.5) is 5.69 Å². The van der Waals surface area contributed by atoms with Gasteiger partial charge in [0, 0.05) is 0 Å². The summed E-state index contributed by atoms with van der Waals surface area (Å²) in [4.78, 5) is 28.8. The lowest BCUT2D eigenvalue weighted by Crippen LogP contribution is -2.62. The molecule has 0 atom stereocenters. The Hall–Kier alpha value is -2.37. The van der Waals surface area contributed by atoms with Crippen molar-refractivity contribution in [2.24, 2.45) is 10.4 Å². The highest BCUT2D eigenvalue weighted by Gasteiger charge is 2.46. The molecule has 0 bridgehead atoms. The van der Waals surface area contributed by atoms with Gasteiger partial charge in [-0.2, -0.15) is 0 Å². The number of hydrogen-bond acceptors (Lipinski definition) is 4. The van der Waals surface area contributed by atoms with Gasteiger partial charge in [-0.3, -0.25) is 20.2 Å². The van der Waals surface area contributed by atoms with Crippen molar-refractivity contribution in [1.82, 2.24) is 10.6 Å². The topological polar surface area (TPSA) is 79.8 Å². The maximum Gasteiger partial charge on any atom is 0.242 e. The molecule has 0 aromatic heterocycles. The first-order valence-corrected chi connectivity index (χ1v) is 6.92. The molecule has 1 saturated heterocycles. The van der Waals surface area contributed by atoms with E-state index in [1.54, 1.807) is 18.2 Å². The number of rotatable bonds is 4. The molecule has 0 aliphatic carbocycles. The number of para-hydroxylation sites is 2. The zero-order valence-corrected chi connectivity index (χ0v) is 12.4. The van der Waals surface area contributed by atoms with Crippen LogP contribution in [0.3, 0.4) is 0 Å². The highest BCUT2D eigenvalue weighted by Crippen LogP contribution is 2.30. The van der Waals surface area contributed by atoms with E-state index < -0.39 is 5.41 Å². The largest absolute Gasteiger partial charge is 0.494 e. The standard InChI is InChI=1S/C15H19N3O3/c1-4-15(5-2)12(19)17-14(18-13(15)20)16-10-8-6-7-9-11(10)21-3/h6-9H,4-5H2,1-3H3,(H2,16,17,18,19,20). The van der Waals surface area contributed by atoms with E-state index in [-0.39, 0.29) is 17.8 Å². The summed E-state index contributed by atoms with van der Waals surface area (Å²) in [5, 5.41) is 5.33. The van der Waals surface area contributed by atoms with Crippen LogP contribution in [0.5, 0.6) is 5.75 Å². The van der Waals surface area contributed by atoms with E-state index in [0.717, 1.165) is 0 Å². The smallest absolute Gasteiger partial charge is 0.242 e. The summed E-state index contributed by atoms with van der Waals surface area (Å²) in [6, 6.07) is 7.12. The van der Waals surface area contributed by atoms with Crippen LogP contribution in [0, 0.1) is 5.41 Å². The number of nitrogens with zero attached hydrogens (tertiary/aromatic N) is 1. The molecule has 1 aromatic carbocycles. The summed E-state index contributed by atoms with van der Waals surface area (Å²) in [7, 11) is 1.54. The fourth-order valence-electron chi connectivity index (χ4n) is 2.38. The molecule has 6 heteroatoms. The molecular formula is C15H19N3O3. The van der Waals surface area contributed by atoms with Gasteiger partial charge in [0.05, 0.1) is 7.11 Å². The van der Waals surface area contributed by atoms with Crippen molar-refractivity contribution in [3.8, 4) is 5.75 Å². The number of methoxy groups -OCH3 is 1. The van der Waals surface area contributed by atoms with Gasteiger partial charge in [-0.05, 0) is 25.0 Å². The van der Waals surface area contributed by atoms with Gasteiger partial charge in [-0.25, -0.2) is 4.99 Å². The second-order valence-corrected chi connectivity index (χ2v) is 4.83. The Kier molecular flexibility index (Phi) is 4.26. The van der Waals surface area contributed by atoms with Gasteiger partial charge in [-0.15, -0.1) is 0 Å². The molecule has 0 unspecified atom stereocenters. The van der Waals surface area contributed by atoms with E-state index in [0.29, 0.717) is 24.3 Å². The van der Waals surface area contributed by atoms with Gasteiger partial charge in [0.2, 0.25) is 17.8 Å². The molecule has 21 heavy (non-hydrogen) atoms. The first-order valence-electron chi connectivity index (χ1n) is 6.92. The third-order valence-corrected chi connectivity index (χ3v) is 3.86. The maximum absolute atomic E-state index is 12.3. The van der Waals surface area contributed by atoms with E-state index in [4.69, 9.17) is 4.74 Å². The van der Waals surface area contributed by atoms with Crippen molar-refractivity contribution < 1.29 is 14.3 Å².